The zero-order valence-electron chi connectivity index (χ0n) is 19.2. The van der Waals surface area contributed by atoms with Crippen LogP contribution in [0, 0.1) is 11.3 Å². The number of para-hydroxylation sites is 1. The van der Waals surface area contributed by atoms with Crippen molar-refractivity contribution in [1.82, 2.24) is 4.31 Å². The highest BCUT2D eigenvalue weighted by Crippen LogP contribution is 2.21. The molecule has 1 atom stereocenters. The number of amides is 1. The molecule has 1 amide bonds. The Labute approximate surface area is 200 Å². The van der Waals surface area contributed by atoms with Crippen LogP contribution in [0.2, 0.25) is 0 Å². The fourth-order valence-electron chi connectivity index (χ4n) is 3.74. The molecule has 9 heteroatoms. The van der Waals surface area contributed by atoms with E-state index in [0.29, 0.717) is 30.8 Å². The minimum Gasteiger partial charge on any atom is -0.453 e. The van der Waals surface area contributed by atoms with Crippen molar-refractivity contribution >= 4 is 27.6 Å². The van der Waals surface area contributed by atoms with Gasteiger partial charge in [-0.25, -0.2) is 8.42 Å². The summed E-state index contributed by atoms with van der Waals surface area (Å²) in [6.45, 7) is 2.55. The van der Waals surface area contributed by atoms with Gasteiger partial charge in [-0.05, 0) is 56.0 Å². The molecule has 0 bridgehead atoms. The third-order valence-corrected chi connectivity index (χ3v) is 7.64. The SMILES string of the molecule is CC(OC(=O)CCc1ccc(S(=O)(=O)N2CCCCCC2)cc1)C(=O)Nc1ccccc1C#N. The molecule has 0 spiro atoms. The van der Waals surface area contributed by atoms with E-state index < -0.39 is 28.0 Å². The van der Waals surface area contributed by atoms with E-state index in [2.05, 4.69) is 5.32 Å². The quantitative estimate of drug-likeness (QED) is 0.573. The number of esters is 1. The molecule has 1 fully saturated rings. The zero-order chi connectivity index (χ0) is 24.6. The summed E-state index contributed by atoms with van der Waals surface area (Å²) >= 11 is 0. The first-order valence-corrected chi connectivity index (χ1v) is 12.8. The molecule has 0 aliphatic carbocycles. The number of carbonyl (C=O) groups is 2. The summed E-state index contributed by atoms with van der Waals surface area (Å²) in [5, 5.41) is 11.7. The number of hydrogen-bond acceptors (Lipinski definition) is 6. The van der Waals surface area contributed by atoms with E-state index in [0.717, 1.165) is 31.2 Å². The van der Waals surface area contributed by atoms with Gasteiger partial charge in [-0.2, -0.15) is 9.57 Å². The van der Waals surface area contributed by atoms with Gasteiger partial charge < -0.3 is 10.1 Å². The van der Waals surface area contributed by atoms with Crippen molar-refractivity contribution in [1.29, 1.82) is 5.26 Å². The predicted molar refractivity (Wildman–Crippen MR) is 127 cm³/mol. The van der Waals surface area contributed by atoms with Crippen molar-refractivity contribution in [2.45, 2.75) is 56.4 Å². The van der Waals surface area contributed by atoms with Crippen molar-refractivity contribution in [3.63, 3.8) is 0 Å². The maximum atomic E-state index is 12.9. The number of rotatable bonds is 8. The normalized spacial score (nSPS) is 15.5. The Morgan fingerprint density at radius 1 is 1.06 bits per heavy atom. The molecule has 1 heterocycles. The van der Waals surface area contributed by atoms with Gasteiger partial charge in [0.1, 0.15) is 6.07 Å². The summed E-state index contributed by atoms with van der Waals surface area (Å²) in [6.07, 6.45) is 3.23. The molecule has 0 aromatic heterocycles. The molecule has 34 heavy (non-hydrogen) atoms. The highest BCUT2D eigenvalue weighted by Gasteiger charge is 2.25. The largest absolute Gasteiger partial charge is 0.453 e. The first-order chi connectivity index (χ1) is 16.3. The fraction of sp³-hybridized carbons (Fsp3) is 0.400. The average molecular weight is 484 g/mol. The number of ether oxygens (including phenoxy) is 1. The lowest BCUT2D eigenvalue weighted by molar-refractivity contribution is -0.153. The number of benzene rings is 2. The van der Waals surface area contributed by atoms with Crippen LogP contribution in [-0.4, -0.2) is 43.8 Å². The molecule has 1 aliphatic heterocycles. The molecule has 8 nitrogen and oxygen atoms in total. The van der Waals surface area contributed by atoms with Gasteiger partial charge in [-0.15, -0.1) is 0 Å². The van der Waals surface area contributed by atoms with Crippen LogP contribution in [-0.2, 0) is 30.8 Å². The highest BCUT2D eigenvalue weighted by atomic mass is 32.2. The number of nitrogens with one attached hydrogen (secondary N) is 1. The van der Waals surface area contributed by atoms with Crippen molar-refractivity contribution in [2.24, 2.45) is 0 Å². The molecule has 1 saturated heterocycles. The third kappa shape index (κ3) is 6.65. The number of nitriles is 1. The Balaban J connectivity index is 1.50. The van der Waals surface area contributed by atoms with Crippen LogP contribution >= 0.6 is 0 Å². The van der Waals surface area contributed by atoms with Crippen molar-refractivity contribution < 1.29 is 22.7 Å². The topological polar surface area (TPSA) is 117 Å². The van der Waals surface area contributed by atoms with E-state index in [-0.39, 0.29) is 11.3 Å². The first kappa shape index (κ1) is 25.4. The van der Waals surface area contributed by atoms with Crippen LogP contribution < -0.4 is 5.32 Å². The van der Waals surface area contributed by atoms with Gasteiger partial charge in [-0.1, -0.05) is 37.1 Å². The predicted octanol–water partition coefficient (Wildman–Crippen LogP) is 3.63. The Morgan fingerprint density at radius 3 is 2.35 bits per heavy atom. The summed E-state index contributed by atoms with van der Waals surface area (Å²) in [5.74, 6) is -1.07. The van der Waals surface area contributed by atoms with Crippen LogP contribution in [0.5, 0.6) is 0 Å². The molecular formula is C25H29N3O5S. The van der Waals surface area contributed by atoms with Gasteiger partial charge in [0.05, 0.1) is 16.1 Å². The lowest BCUT2D eigenvalue weighted by Crippen LogP contribution is -2.31. The zero-order valence-corrected chi connectivity index (χ0v) is 20.0. The van der Waals surface area contributed by atoms with E-state index in [4.69, 9.17) is 10.00 Å². The van der Waals surface area contributed by atoms with Crippen LogP contribution in [0.25, 0.3) is 0 Å². The van der Waals surface area contributed by atoms with Crippen molar-refractivity contribution in [2.75, 3.05) is 18.4 Å². The summed E-state index contributed by atoms with van der Waals surface area (Å²) in [7, 11) is -3.51. The molecule has 0 saturated carbocycles. The average Bonchev–Trinajstić information content (AvgIpc) is 3.13. The summed E-state index contributed by atoms with van der Waals surface area (Å²) in [6, 6.07) is 15.1. The van der Waals surface area contributed by atoms with E-state index in [1.54, 1.807) is 52.8 Å². The third-order valence-electron chi connectivity index (χ3n) is 5.73. The second kappa shape index (κ2) is 11.8. The van der Waals surface area contributed by atoms with Gasteiger partial charge in [0, 0.05) is 19.5 Å². The highest BCUT2D eigenvalue weighted by molar-refractivity contribution is 7.89. The van der Waals surface area contributed by atoms with Crippen LogP contribution in [0.15, 0.2) is 53.4 Å². The standard InChI is InChI=1S/C25H29N3O5S/c1-19(25(30)27-23-9-5-4-8-21(23)18-26)33-24(29)15-12-20-10-13-22(14-11-20)34(31,32)28-16-6-2-3-7-17-28/h4-5,8-11,13-14,19H,2-3,6-7,12,15-17H2,1H3,(H,27,30). The number of anilines is 1. The van der Waals surface area contributed by atoms with E-state index in [1.165, 1.54) is 6.92 Å². The molecule has 3 rings (SSSR count). The first-order valence-electron chi connectivity index (χ1n) is 11.4. The Morgan fingerprint density at radius 2 is 1.71 bits per heavy atom. The number of nitrogens with zero attached hydrogens (tertiary/aromatic N) is 2. The van der Waals surface area contributed by atoms with Gasteiger partial charge >= 0.3 is 5.97 Å². The van der Waals surface area contributed by atoms with E-state index >= 15 is 0 Å². The lowest BCUT2D eigenvalue weighted by Gasteiger charge is -2.20. The molecular weight excluding hydrogens is 454 g/mol. The molecule has 0 radical (unpaired) electrons. The van der Waals surface area contributed by atoms with Crippen LogP contribution in [0.4, 0.5) is 5.69 Å². The summed E-state index contributed by atoms with van der Waals surface area (Å²) in [5.41, 5.74) is 1.47. The monoisotopic (exact) mass is 483 g/mol. The van der Waals surface area contributed by atoms with Gasteiger partial charge in [0.15, 0.2) is 6.10 Å². The smallest absolute Gasteiger partial charge is 0.306 e. The van der Waals surface area contributed by atoms with Crippen molar-refractivity contribution in [3.05, 3.63) is 59.7 Å². The number of hydrogen-bond donors (Lipinski definition) is 1. The Hall–Kier alpha value is -3.22. The maximum Gasteiger partial charge on any atom is 0.306 e. The summed E-state index contributed by atoms with van der Waals surface area (Å²) in [4.78, 5) is 24.8. The molecule has 1 aliphatic rings. The van der Waals surface area contributed by atoms with Crippen LogP contribution in [0.1, 0.15) is 50.2 Å². The number of carbonyl (C=O) groups excluding carboxylic acids is 2. The van der Waals surface area contributed by atoms with E-state index in [1.807, 2.05) is 6.07 Å². The molecule has 1 unspecified atom stereocenters. The lowest BCUT2D eigenvalue weighted by atomic mass is 10.1. The molecule has 1 N–H and O–H groups in total. The molecule has 2 aromatic rings. The number of aryl methyl sites for hydroxylation is 1. The summed E-state index contributed by atoms with van der Waals surface area (Å²) < 4.78 is 32.5. The minimum atomic E-state index is -3.51. The van der Waals surface area contributed by atoms with Crippen LogP contribution in [0.3, 0.4) is 0 Å². The maximum absolute atomic E-state index is 12.9. The van der Waals surface area contributed by atoms with Crippen molar-refractivity contribution in [3.8, 4) is 6.07 Å². The van der Waals surface area contributed by atoms with Gasteiger partial charge in [-0.3, -0.25) is 9.59 Å². The number of sulfonamides is 1. The second-order valence-electron chi connectivity index (χ2n) is 8.24. The second-order valence-corrected chi connectivity index (χ2v) is 10.2. The Kier molecular flexibility index (Phi) is 8.79. The van der Waals surface area contributed by atoms with E-state index in [9.17, 15) is 18.0 Å². The minimum absolute atomic E-state index is 0.0463. The van der Waals surface area contributed by atoms with Gasteiger partial charge in [0.25, 0.3) is 5.91 Å². The fourth-order valence-corrected chi connectivity index (χ4v) is 5.26. The molecule has 2 aromatic carbocycles. The Bertz CT molecular complexity index is 1150. The van der Waals surface area contributed by atoms with Gasteiger partial charge in [0.2, 0.25) is 10.0 Å². The molecule has 180 valence electrons.